The first-order valence-corrected chi connectivity index (χ1v) is 6.02. The Morgan fingerprint density at radius 2 is 1.75 bits per heavy atom. The van der Waals surface area contributed by atoms with Gasteiger partial charge >= 0.3 is 0 Å². The van der Waals surface area contributed by atoms with Crippen molar-refractivity contribution in [2.75, 3.05) is 5.32 Å². The Labute approximate surface area is 119 Å². The van der Waals surface area contributed by atoms with Crippen LogP contribution in [0, 0.1) is 5.82 Å². The molecule has 2 aromatic rings. The van der Waals surface area contributed by atoms with Gasteiger partial charge in [-0.25, -0.2) is 4.39 Å². The Morgan fingerprint density at radius 1 is 1.10 bits per heavy atom. The van der Waals surface area contributed by atoms with Crippen molar-refractivity contribution in [2.45, 2.75) is 0 Å². The number of primary amides is 1. The molecule has 2 rings (SSSR count). The second kappa shape index (κ2) is 5.71. The molecule has 0 saturated heterocycles. The van der Waals surface area contributed by atoms with Crippen LogP contribution in [0.2, 0.25) is 5.02 Å². The standard InChI is InChI=1S/C14H10ClFN2O2/c15-10-5-2-6-11(12(10)16)18-14(20)9-4-1-3-8(7-9)13(17)19/h1-7H,(H2,17,19)(H,18,20). The summed E-state index contributed by atoms with van der Waals surface area (Å²) in [5, 5.41) is 2.29. The number of nitrogens with one attached hydrogen (secondary N) is 1. The number of amides is 2. The summed E-state index contributed by atoms with van der Waals surface area (Å²) < 4.78 is 13.7. The van der Waals surface area contributed by atoms with E-state index < -0.39 is 17.6 Å². The third kappa shape index (κ3) is 2.95. The van der Waals surface area contributed by atoms with Crippen LogP contribution in [0.4, 0.5) is 10.1 Å². The van der Waals surface area contributed by atoms with Crippen LogP contribution in [-0.2, 0) is 0 Å². The van der Waals surface area contributed by atoms with Gasteiger partial charge in [0.05, 0.1) is 10.7 Å². The Morgan fingerprint density at radius 3 is 2.45 bits per heavy atom. The summed E-state index contributed by atoms with van der Waals surface area (Å²) in [6, 6.07) is 10.1. The third-order valence-electron chi connectivity index (χ3n) is 2.61. The van der Waals surface area contributed by atoms with Gasteiger partial charge in [-0.05, 0) is 30.3 Å². The minimum atomic E-state index is -0.714. The number of rotatable bonds is 3. The maximum atomic E-state index is 13.7. The maximum Gasteiger partial charge on any atom is 0.255 e. The fourth-order valence-corrected chi connectivity index (χ4v) is 1.78. The summed E-state index contributed by atoms with van der Waals surface area (Å²) >= 11 is 5.62. The van der Waals surface area contributed by atoms with E-state index in [0.717, 1.165) is 0 Å². The lowest BCUT2D eigenvalue weighted by Gasteiger charge is -2.07. The quantitative estimate of drug-likeness (QED) is 0.913. The van der Waals surface area contributed by atoms with Crippen molar-refractivity contribution in [2.24, 2.45) is 5.73 Å². The van der Waals surface area contributed by atoms with Crippen molar-refractivity contribution in [3.63, 3.8) is 0 Å². The molecular weight excluding hydrogens is 283 g/mol. The highest BCUT2D eigenvalue weighted by Crippen LogP contribution is 2.22. The molecular formula is C14H10ClFN2O2. The number of hydrogen-bond acceptors (Lipinski definition) is 2. The minimum Gasteiger partial charge on any atom is -0.366 e. The molecule has 0 radical (unpaired) electrons. The molecule has 0 aromatic heterocycles. The number of halogens is 2. The zero-order valence-corrected chi connectivity index (χ0v) is 10.9. The first kappa shape index (κ1) is 14.0. The second-order valence-electron chi connectivity index (χ2n) is 4.00. The predicted octanol–water partition coefficient (Wildman–Crippen LogP) is 2.83. The number of carbonyl (C=O) groups excluding carboxylic acids is 2. The largest absolute Gasteiger partial charge is 0.366 e. The first-order chi connectivity index (χ1) is 9.49. The molecule has 3 N–H and O–H groups in total. The SMILES string of the molecule is NC(=O)c1cccc(C(=O)Nc2cccc(Cl)c2F)c1. The van der Waals surface area contributed by atoms with Crippen molar-refractivity contribution >= 4 is 29.1 Å². The number of hydrogen-bond donors (Lipinski definition) is 2. The maximum absolute atomic E-state index is 13.7. The zero-order chi connectivity index (χ0) is 14.7. The molecule has 4 nitrogen and oxygen atoms in total. The third-order valence-corrected chi connectivity index (χ3v) is 2.90. The van der Waals surface area contributed by atoms with Crippen LogP contribution >= 0.6 is 11.6 Å². The molecule has 0 aliphatic heterocycles. The molecule has 0 spiro atoms. The van der Waals surface area contributed by atoms with Gasteiger partial charge in [0.15, 0.2) is 5.82 Å². The molecule has 0 aliphatic rings. The molecule has 20 heavy (non-hydrogen) atoms. The van der Waals surface area contributed by atoms with Crippen LogP contribution in [0.25, 0.3) is 0 Å². The van der Waals surface area contributed by atoms with Crippen molar-refractivity contribution in [1.82, 2.24) is 0 Å². The summed E-state index contributed by atoms with van der Waals surface area (Å²) in [6.45, 7) is 0. The number of benzene rings is 2. The highest BCUT2D eigenvalue weighted by molar-refractivity contribution is 6.31. The zero-order valence-electron chi connectivity index (χ0n) is 10.2. The van der Waals surface area contributed by atoms with Crippen molar-refractivity contribution in [1.29, 1.82) is 0 Å². The van der Waals surface area contributed by atoms with Gasteiger partial charge in [0.1, 0.15) is 0 Å². The van der Waals surface area contributed by atoms with Crippen molar-refractivity contribution in [3.8, 4) is 0 Å². The van der Waals surface area contributed by atoms with E-state index >= 15 is 0 Å². The molecule has 0 unspecified atom stereocenters. The van der Waals surface area contributed by atoms with E-state index in [2.05, 4.69) is 5.32 Å². The van der Waals surface area contributed by atoms with Gasteiger partial charge in [-0.2, -0.15) is 0 Å². The first-order valence-electron chi connectivity index (χ1n) is 5.64. The van der Waals surface area contributed by atoms with Gasteiger partial charge < -0.3 is 11.1 Å². The summed E-state index contributed by atoms with van der Waals surface area (Å²) in [5.41, 5.74) is 5.49. The van der Waals surface area contributed by atoms with E-state index in [1.807, 2.05) is 0 Å². The predicted molar refractivity (Wildman–Crippen MR) is 74.3 cm³/mol. The summed E-state index contributed by atoms with van der Waals surface area (Å²) in [7, 11) is 0. The number of nitrogens with two attached hydrogens (primary N) is 1. The molecule has 0 saturated carbocycles. The monoisotopic (exact) mass is 292 g/mol. The fourth-order valence-electron chi connectivity index (χ4n) is 1.61. The van der Waals surface area contributed by atoms with Gasteiger partial charge in [-0.3, -0.25) is 9.59 Å². The average Bonchev–Trinajstić information content (AvgIpc) is 2.44. The molecule has 0 aliphatic carbocycles. The smallest absolute Gasteiger partial charge is 0.255 e. The molecule has 0 atom stereocenters. The van der Waals surface area contributed by atoms with Crippen LogP contribution in [-0.4, -0.2) is 11.8 Å². The lowest BCUT2D eigenvalue weighted by atomic mass is 10.1. The van der Waals surface area contributed by atoms with Gasteiger partial charge in [-0.15, -0.1) is 0 Å². The topological polar surface area (TPSA) is 72.2 Å². The Hall–Kier alpha value is -2.40. The summed E-state index contributed by atoms with van der Waals surface area (Å²) in [5.74, 6) is -1.92. The van der Waals surface area contributed by atoms with Crippen LogP contribution in [0.5, 0.6) is 0 Å². The van der Waals surface area contributed by atoms with Crippen LogP contribution in [0.15, 0.2) is 42.5 Å². The average molecular weight is 293 g/mol. The Balaban J connectivity index is 2.26. The Kier molecular flexibility index (Phi) is 4.00. The van der Waals surface area contributed by atoms with E-state index in [1.54, 1.807) is 0 Å². The van der Waals surface area contributed by atoms with E-state index in [4.69, 9.17) is 17.3 Å². The van der Waals surface area contributed by atoms with E-state index in [-0.39, 0.29) is 21.8 Å². The van der Waals surface area contributed by atoms with Crippen LogP contribution in [0.3, 0.4) is 0 Å². The minimum absolute atomic E-state index is 0.0352. The lowest BCUT2D eigenvalue weighted by Crippen LogP contribution is -2.16. The van der Waals surface area contributed by atoms with Crippen molar-refractivity contribution < 1.29 is 14.0 Å². The molecule has 2 aromatic carbocycles. The number of carbonyl (C=O) groups is 2. The molecule has 0 bridgehead atoms. The highest BCUT2D eigenvalue weighted by Gasteiger charge is 2.12. The van der Waals surface area contributed by atoms with E-state index in [0.29, 0.717) is 0 Å². The van der Waals surface area contributed by atoms with Gasteiger partial charge in [0.2, 0.25) is 5.91 Å². The van der Waals surface area contributed by atoms with E-state index in [9.17, 15) is 14.0 Å². The molecule has 2 amide bonds. The molecule has 102 valence electrons. The number of anilines is 1. The normalized spacial score (nSPS) is 10.1. The highest BCUT2D eigenvalue weighted by atomic mass is 35.5. The lowest BCUT2D eigenvalue weighted by molar-refractivity contribution is 0.1000. The van der Waals surface area contributed by atoms with Crippen LogP contribution < -0.4 is 11.1 Å². The molecule has 0 fully saturated rings. The fraction of sp³-hybridized carbons (Fsp3) is 0. The van der Waals surface area contributed by atoms with Gasteiger partial charge in [0.25, 0.3) is 5.91 Å². The molecule has 6 heteroatoms. The van der Waals surface area contributed by atoms with Crippen LogP contribution in [0.1, 0.15) is 20.7 Å². The second-order valence-corrected chi connectivity index (χ2v) is 4.41. The summed E-state index contributed by atoms with van der Waals surface area (Å²) in [6.07, 6.45) is 0. The van der Waals surface area contributed by atoms with Gasteiger partial charge in [0, 0.05) is 11.1 Å². The Bertz CT molecular complexity index is 689. The molecule has 0 heterocycles. The van der Waals surface area contributed by atoms with Gasteiger partial charge in [-0.1, -0.05) is 23.7 Å². The summed E-state index contributed by atoms with van der Waals surface area (Å²) in [4.78, 5) is 23.0. The van der Waals surface area contributed by atoms with E-state index in [1.165, 1.54) is 42.5 Å². The van der Waals surface area contributed by atoms with Crippen molar-refractivity contribution in [3.05, 3.63) is 64.4 Å².